The molecule has 28 heavy (non-hydrogen) atoms. The number of hydrogen-bond acceptors (Lipinski definition) is 4. The quantitative estimate of drug-likeness (QED) is 0.364. The normalized spacial score (nSPS) is 19.9. The van der Waals surface area contributed by atoms with Gasteiger partial charge in [-0.05, 0) is 19.3 Å². The molecule has 0 aromatic carbocycles. The Morgan fingerprint density at radius 1 is 1.18 bits per heavy atom. The summed E-state index contributed by atoms with van der Waals surface area (Å²) in [7, 11) is 3.52. The van der Waals surface area contributed by atoms with Crippen molar-refractivity contribution in [1.29, 1.82) is 0 Å². The molecule has 1 unspecified atom stereocenters. The van der Waals surface area contributed by atoms with Crippen LogP contribution in [0.4, 0.5) is 0 Å². The van der Waals surface area contributed by atoms with Crippen LogP contribution in [0.3, 0.4) is 0 Å². The van der Waals surface area contributed by atoms with Gasteiger partial charge in [-0.15, -0.1) is 34.2 Å². The van der Waals surface area contributed by atoms with E-state index in [1.807, 2.05) is 0 Å². The third kappa shape index (κ3) is 5.81. The molecule has 8 nitrogen and oxygen atoms in total. The maximum absolute atomic E-state index is 12.0. The molecule has 1 aliphatic heterocycles. The summed E-state index contributed by atoms with van der Waals surface area (Å²) in [6.07, 6.45) is 6.74. The zero-order valence-electron chi connectivity index (χ0n) is 17.4. The number of amides is 1. The summed E-state index contributed by atoms with van der Waals surface area (Å²) in [6.45, 7) is 5.30. The lowest BCUT2D eigenvalue weighted by atomic mass is 10.1. The van der Waals surface area contributed by atoms with E-state index in [1.54, 1.807) is 19.0 Å². The lowest BCUT2D eigenvalue weighted by Gasteiger charge is -2.28. The van der Waals surface area contributed by atoms with E-state index in [0.717, 1.165) is 37.0 Å². The molecule has 1 aliphatic carbocycles. The minimum atomic E-state index is 0. The number of nitrogens with zero attached hydrogens (tertiary/aromatic N) is 5. The van der Waals surface area contributed by atoms with Crippen molar-refractivity contribution in [3.05, 3.63) is 11.6 Å². The number of carbonyl (C=O) groups is 1. The zero-order valence-corrected chi connectivity index (χ0v) is 19.8. The van der Waals surface area contributed by atoms with Crippen LogP contribution in [0.1, 0.15) is 63.5 Å². The SMILES string of the molecule is CC(C)c1nnc2n1CC(NC(=NCC(=O)N(C)C)NC1CCCC1)CC2.I. The highest BCUT2D eigenvalue weighted by Gasteiger charge is 2.25. The number of rotatable bonds is 5. The molecule has 0 radical (unpaired) electrons. The average molecular weight is 503 g/mol. The summed E-state index contributed by atoms with van der Waals surface area (Å²) >= 11 is 0. The van der Waals surface area contributed by atoms with Gasteiger partial charge in [0, 0.05) is 45.1 Å². The van der Waals surface area contributed by atoms with Crippen molar-refractivity contribution < 1.29 is 4.79 Å². The monoisotopic (exact) mass is 503 g/mol. The number of likely N-dealkylation sites (N-methyl/N-ethyl adjacent to an activating group) is 1. The highest BCUT2D eigenvalue weighted by atomic mass is 127. The van der Waals surface area contributed by atoms with Crippen molar-refractivity contribution in [3.8, 4) is 0 Å². The molecule has 3 rings (SSSR count). The van der Waals surface area contributed by atoms with Gasteiger partial charge in [-0.3, -0.25) is 4.79 Å². The molecular weight excluding hydrogens is 469 g/mol. The van der Waals surface area contributed by atoms with Crippen molar-refractivity contribution in [1.82, 2.24) is 30.3 Å². The third-order valence-electron chi connectivity index (χ3n) is 5.40. The second-order valence-corrected chi connectivity index (χ2v) is 8.20. The van der Waals surface area contributed by atoms with Gasteiger partial charge in [0.15, 0.2) is 5.96 Å². The van der Waals surface area contributed by atoms with E-state index in [1.165, 1.54) is 25.7 Å². The van der Waals surface area contributed by atoms with E-state index in [4.69, 9.17) is 0 Å². The molecule has 1 aromatic heterocycles. The smallest absolute Gasteiger partial charge is 0.243 e. The number of carbonyl (C=O) groups excluding carboxylic acids is 1. The largest absolute Gasteiger partial charge is 0.354 e. The molecule has 1 fully saturated rings. The summed E-state index contributed by atoms with van der Waals surface area (Å²) in [4.78, 5) is 18.1. The summed E-state index contributed by atoms with van der Waals surface area (Å²) in [5.41, 5.74) is 0. The maximum atomic E-state index is 12.0. The first kappa shape index (κ1) is 22.9. The van der Waals surface area contributed by atoms with E-state index < -0.39 is 0 Å². The minimum absolute atomic E-state index is 0. The third-order valence-corrected chi connectivity index (χ3v) is 5.40. The Labute approximate surface area is 185 Å². The first-order valence-electron chi connectivity index (χ1n) is 10.1. The molecule has 2 N–H and O–H groups in total. The fourth-order valence-electron chi connectivity index (χ4n) is 3.77. The predicted octanol–water partition coefficient (Wildman–Crippen LogP) is 1.90. The Hall–Kier alpha value is -1.39. The summed E-state index contributed by atoms with van der Waals surface area (Å²) in [5, 5.41) is 15.8. The van der Waals surface area contributed by atoms with Gasteiger partial charge in [-0.1, -0.05) is 26.7 Å². The summed E-state index contributed by atoms with van der Waals surface area (Å²) in [6, 6.07) is 0.708. The maximum Gasteiger partial charge on any atom is 0.243 e. The number of nitrogens with one attached hydrogen (secondary N) is 2. The van der Waals surface area contributed by atoms with Gasteiger partial charge in [0.25, 0.3) is 0 Å². The van der Waals surface area contributed by atoms with Crippen LogP contribution in [0.15, 0.2) is 4.99 Å². The first-order valence-corrected chi connectivity index (χ1v) is 10.1. The Morgan fingerprint density at radius 2 is 1.86 bits per heavy atom. The molecule has 0 bridgehead atoms. The molecule has 9 heteroatoms. The van der Waals surface area contributed by atoms with Crippen LogP contribution >= 0.6 is 24.0 Å². The number of halogens is 1. The van der Waals surface area contributed by atoms with Crippen molar-refractivity contribution in [3.63, 3.8) is 0 Å². The number of aryl methyl sites for hydroxylation is 1. The van der Waals surface area contributed by atoms with E-state index in [-0.39, 0.29) is 42.5 Å². The van der Waals surface area contributed by atoms with Crippen LogP contribution in [0, 0.1) is 0 Å². The van der Waals surface area contributed by atoms with E-state index in [9.17, 15) is 4.79 Å². The van der Waals surface area contributed by atoms with Gasteiger partial charge in [0.1, 0.15) is 18.2 Å². The van der Waals surface area contributed by atoms with Crippen LogP contribution in [-0.2, 0) is 17.8 Å². The number of aromatic nitrogens is 3. The number of fused-ring (bicyclic) bond motifs is 1. The van der Waals surface area contributed by atoms with Gasteiger partial charge >= 0.3 is 0 Å². The second kappa shape index (κ2) is 10.4. The summed E-state index contributed by atoms with van der Waals surface area (Å²) in [5.74, 6) is 3.23. The summed E-state index contributed by atoms with van der Waals surface area (Å²) < 4.78 is 2.24. The molecular formula is C19H34IN7O. The average Bonchev–Trinajstić information content (AvgIpc) is 3.28. The number of hydrogen-bond donors (Lipinski definition) is 2. The lowest BCUT2D eigenvalue weighted by Crippen LogP contribution is -2.49. The van der Waals surface area contributed by atoms with Gasteiger partial charge in [0.05, 0.1) is 0 Å². The zero-order chi connectivity index (χ0) is 19.4. The molecule has 2 heterocycles. The van der Waals surface area contributed by atoms with E-state index in [2.05, 4.69) is 44.2 Å². The van der Waals surface area contributed by atoms with Gasteiger partial charge in [-0.25, -0.2) is 4.99 Å². The van der Waals surface area contributed by atoms with Crippen LogP contribution in [0.25, 0.3) is 0 Å². The highest BCUT2D eigenvalue weighted by Crippen LogP contribution is 2.20. The molecule has 158 valence electrons. The Balaban J connectivity index is 0.00000280. The Kier molecular flexibility index (Phi) is 8.51. The van der Waals surface area contributed by atoms with Gasteiger partial charge in [-0.2, -0.15) is 0 Å². The van der Waals surface area contributed by atoms with Crippen LogP contribution in [0.5, 0.6) is 0 Å². The van der Waals surface area contributed by atoms with E-state index in [0.29, 0.717) is 12.0 Å². The second-order valence-electron chi connectivity index (χ2n) is 8.20. The van der Waals surface area contributed by atoms with Crippen LogP contribution in [-0.4, -0.2) is 64.3 Å². The van der Waals surface area contributed by atoms with Crippen LogP contribution in [0.2, 0.25) is 0 Å². The molecule has 1 atom stereocenters. The standard InChI is InChI=1S/C19H33N7O.HI/c1-13(2)18-24-23-16-10-9-15(12-26(16)18)22-19(20-11-17(27)25(3)4)21-14-7-5-6-8-14;/h13-15H,5-12H2,1-4H3,(H2,20,21,22);1H. The van der Waals surface area contributed by atoms with Crippen molar-refractivity contribution >= 4 is 35.8 Å². The minimum Gasteiger partial charge on any atom is -0.354 e. The molecule has 0 saturated heterocycles. The van der Waals surface area contributed by atoms with E-state index >= 15 is 0 Å². The number of aliphatic imine (C=N–C) groups is 1. The molecule has 1 amide bonds. The molecule has 1 aromatic rings. The van der Waals surface area contributed by atoms with Gasteiger partial charge in [0.2, 0.25) is 5.91 Å². The fourth-order valence-corrected chi connectivity index (χ4v) is 3.77. The molecule has 1 saturated carbocycles. The van der Waals surface area contributed by atoms with Gasteiger partial charge < -0.3 is 20.1 Å². The Morgan fingerprint density at radius 3 is 2.50 bits per heavy atom. The lowest BCUT2D eigenvalue weighted by molar-refractivity contribution is -0.127. The van der Waals surface area contributed by atoms with Crippen molar-refractivity contribution in [2.45, 2.75) is 76.9 Å². The first-order chi connectivity index (χ1) is 12.9. The van der Waals surface area contributed by atoms with Crippen molar-refractivity contribution in [2.75, 3.05) is 20.6 Å². The predicted molar refractivity (Wildman–Crippen MR) is 121 cm³/mol. The Bertz CT molecular complexity index is 680. The molecule has 0 spiro atoms. The highest BCUT2D eigenvalue weighted by molar-refractivity contribution is 14.0. The fraction of sp³-hybridized carbons (Fsp3) is 0.789. The molecule has 2 aliphatic rings. The number of guanidine groups is 1. The van der Waals surface area contributed by atoms with Crippen molar-refractivity contribution in [2.24, 2.45) is 4.99 Å². The van der Waals surface area contributed by atoms with Crippen LogP contribution < -0.4 is 10.6 Å². The topological polar surface area (TPSA) is 87.4 Å².